The monoisotopic (exact) mass is 517 g/mol. The largest absolute Gasteiger partial charge is 3.00 e. The number of hydrogen-bond donors (Lipinski definition) is 1. The Labute approximate surface area is 166 Å². The second kappa shape index (κ2) is 10.1. The minimum absolute atomic E-state index is 0. The standard InChI is InChI=1S/C11H8N.C9H6N4.Ir/c1-2-6-10(7-3-1)11-8-4-5-9-12-11;10-6-8-5-9(1-2-12-8)13-4-3-11-7-13;/h1-6,8-9H;2-5,7,11H;/q-1;-2;+3. The van der Waals surface area contributed by atoms with Crippen LogP contribution < -0.4 is 10.2 Å². The maximum Gasteiger partial charge on any atom is 3.00 e. The molecule has 1 N–H and O–H groups in total. The molecule has 0 fully saturated rings. The molecule has 4 rings (SSSR count). The number of pyridine rings is 2. The van der Waals surface area contributed by atoms with Crippen molar-refractivity contribution in [3.63, 3.8) is 0 Å². The minimum Gasteiger partial charge on any atom is -0.521 e. The smallest absolute Gasteiger partial charge is 0.521 e. The van der Waals surface area contributed by atoms with Crippen LogP contribution >= 0.6 is 0 Å². The number of hydrogen-bond acceptors (Lipinski definition) is 5. The maximum absolute atomic E-state index is 8.62. The first-order chi connectivity index (χ1) is 12.4. The Morgan fingerprint density at radius 3 is 2.65 bits per heavy atom. The van der Waals surface area contributed by atoms with E-state index in [0.29, 0.717) is 5.69 Å². The number of anilines is 1. The van der Waals surface area contributed by atoms with Gasteiger partial charge in [0.2, 0.25) is 0 Å². The summed E-state index contributed by atoms with van der Waals surface area (Å²) in [7, 11) is 0. The molecule has 0 saturated carbocycles. The average Bonchev–Trinajstić information content (AvgIpc) is 3.25. The first-order valence-electron chi connectivity index (χ1n) is 7.57. The number of aromatic nitrogens is 2. The third kappa shape index (κ3) is 5.25. The number of benzene rings is 1. The molecule has 6 heteroatoms. The number of nitrogens with zero attached hydrogens (tertiary/aromatic N) is 4. The second-order valence-electron chi connectivity index (χ2n) is 4.94. The average molecular weight is 517 g/mol. The van der Waals surface area contributed by atoms with E-state index in [-0.39, 0.29) is 20.1 Å². The number of nitrogens with one attached hydrogen (secondary N) is 1. The Morgan fingerprint density at radius 1 is 1.12 bits per heavy atom. The van der Waals surface area contributed by atoms with Crippen molar-refractivity contribution in [3.8, 4) is 17.3 Å². The third-order valence-corrected chi connectivity index (χ3v) is 3.28. The zero-order chi connectivity index (χ0) is 17.3. The summed E-state index contributed by atoms with van der Waals surface area (Å²) in [6.07, 6.45) is 6.91. The van der Waals surface area contributed by atoms with Crippen LogP contribution in [0.2, 0.25) is 0 Å². The predicted octanol–water partition coefficient (Wildman–Crippen LogP) is 3.30. The molecule has 0 bridgehead atoms. The minimum atomic E-state index is 0. The predicted molar refractivity (Wildman–Crippen MR) is 95.4 cm³/mol. The Bertz CT molecular complexity index is 838. The van der Waals surface area contributed by atoms with Gasteiger partial charge in [-0.1, -0.05) is 18.3 Å². The molecule has 0 aliphatic carbocycles. The van der Waals surface area contributed by atoms with Gasteiger partial charge in [0.25, 0.3) is 0 Å². The van der Waals surface area contributed by atoms with Crippen molar-refractivity contribution in [1.29, 1.82) is 5.26 Å². The van der Waals surface area contributed by atoms with Crippen LogP contribution in [-0.2, 0) is 20.1 Å². The fourth-order valence-corrected chi connectivity index (χ4v) is 2.10. The molecule has 128 valence electrons. The van der Waals surface area contributed by atoms with E-state index in [4.69, 9.17) is 5.26 Å². The molecule has 3 heterocycles. The van der Waals surface area contributed by atoms with Crippen molar-refractivity contribution in [2.24, 2.45) is 0 Å². The van der Waals surface area contributed by atoms with Crippen molar-refractivity contribution >= 4 is 5.69 Å². The second-order valence-corrected chi connectivity index (χ2v) is 4.94. The fourth-order valence-electron chi connectivity index (χ4n) is 2.10. The first-order valence-corrected chi connectivity index (χ1v) is 7.57. The van der Waals surface area contributed by atoms with E-state index in [1.54, 1.807) is 25.1 Å². The Morgan fingerprint density at radius 2 is 2.00 bits per heavy atom. The van der Waals surface area contributed by atoms with Crippen LogP contribution in [0.15, 0.2) is 73.3 Å². The number of nitriles is 1. The van der Waals surface area contributed by atoms with Crippen molar-refractivity contribution < 1.29 is 20.1 Å². The van der Waals surface area contributed by atoms with Crippen LogP contribution in [-0.4, -0.2) is 9.97 Å². The van der Waals surface area contributed by atoms with E-state index in [1.165, 1.54) is 6.20 Å². The van der Waals surface area contributed by atoms with Gasteiger partial charge in [0.15, 0.2) is 0 Å². The van der Waals surface area contributed by atoms with Crippen LogP contribution in [0, 0.1) is 30.1 Å². The van der Waals surface area contributed by atoms with Gasteiger partial charge in [-0.3, -0.25) is 4.98 Å². The van der Waals surface area contributed by atoms with Gasteiger partial charge in [-0.05, 0) is 24.2 Å². The van der Waals surface area contributed by atoms with E-state index in [0.717, 1.165) is 16.9 Å². The Hall–Kier alpha value is -3.00. The van der Waals surface area contributed by atoms with E-state index in [9.17, 15) is 0 Å². The summed E-state index contributed by atoms with van der Waals surface area (Å²) < 4.78 is 0. The van der Waals surface area contributed by atoms with Gasteiger partial charge in [-0.2, -0.15) is 23.7 Å². The molecular weight excluding hydrogens is 502 g/mol. The molecule has 0 atom stereocenters. The molecule has 0 spiro atoms. The van der Waals surface area contributed by atoms with Crippen LogP contribution in [0.5, 0.6) is 0 Å². The summed E-state index contributed by atoms with van der Waals surface area (Å²) in [4.78, 5) is 9.87. The van der Waals surface area contributed by atoms with Gasteiger partial charge >= 0.3 is 20.1 Å². The summed E-state index contributed by atoms with van der Waals surface area (Å²) in [6.45, 7) is 1.77. The molecule has 0 saturated heterocycles. The molecule has 5 nitrogen and oxygen atoms in total. The quantitative estimate of drug-likeness (QED) is 0.530. The van der Waals surface area contributed by atoms with Crippen molar-refractivity contribution in [1.82, 2.24) is 15.3 Å². The molecule has 3 aromatic rings. The normalized spacial score (nSPS) is 11.4. The fraction of sp³-hybridized carbons (Fsp3) is 0. The Balaban J connectivity index is 0.000000180. The Kier molecular flexibility index (Phi) is 7.50. The maximum atomic E-state index is 8.62. The van der Waals surface area contributed by atoms with Gasteiger partial charge in [0.1, 0.15) is 0 Å². The molecule has 2 aromatic heterocycles. The molecule has 0 radical (unpaired) electrons. The van der Waals surface area contributed by atoms with E-state index < -0.39 is 0 Å². The summed E-state index contributed by atoms with van der Waals surface area (Å²) >= 11 is 0. The van der Waals surface area contributed by atoms with Crippen molar-refractivity contribution in [2.45, 2.75) is 0 Å². The van der Waals surface area contributed by atoms with Crippen molar-refractivity contribution in [2.75, 3.05) is 4.90 Å². The zero-order valence-corrected chi connectivity index (χ0v) is 16.0. The van der Waals surface area contributed by atoms with Gasteiger partial charge in [-0.15, -0.1) is 35.9 Å². The summed E-state index contributed by atoms with van der Waals surface area (Å²) in [5.41, 5.74) is 3.20. The van der Waals surface area contributed by atoms with Crippen molar-refractivity contribution in [3.05, 3.63) is 97.8 Å². The van der Waals surface area contributed by atoms with Crippen LogP contribution in [0.25, 0.3) is 11.3 Å². The van der Waals surface area contributed by atoms with Crippen LogP contribution in [0.3, 0.4) is 0 Å². The summed E-state index contributed by atoms with van der Waals surface area (Å²) in [6, 6.07) is 23.4. The first kappa shape index (κ1) is 19.3. The van der Waals surface area contributed by atoms with E-state index >= 15 is 0 Å². The molecule has 1 aliphatic rings. The van der Waals surface area contributed by atoms with Crippen LogP contribution in [0.1, 0.15) is 5.69 Å². The summed E-state index contributed by atoms with van der Waals surface area (Å²) in [5, 5.41) is 11.5. The molecule has 0 amide bonds. The van der Waals surface area contributed by atoms with E-state index in [2.05, 4.69) is 27.4 Å². The number of rotatable bonds is 2. The molecule has 1 aromatic carbocycles. The molecule has 26 heavy (non-hydrogen) atoms. The van der Waals surface area contributed by atoms with E-state index in [1.807, 2.05) is 59.6 Å². The topological polar surface area (TPSA) is 64.8 Å². The summed E-state index contributed by atoms with van der Waals surface area (Å²) in [5.74, 6) is 0. The van der Waals surface area contributed by atoms with Crippen LogP contribution in [0.4, 0.5) is 5.69 Å². The SMILES string of the molecule is N#Cc1cc(N2C=CN[CH-]2)[c-]cn1.[Ir+3].[c-]1ccccc1-c1ccccn1. The zero-order valence-electron chi connectivity index (χ0n) is 13.6. The molecule has 0 unspecified atom stereocenters. The molecule has 1 aliphatic heterocycles. The van der Waals surface area contributed by atoms with Gasteiger partial charge in [0, 0.05) is 6.20 Å². The molecular formula is C20H14IrN5. The van der Waals surface area contributed by atoms with Gasteiger partial charge in [0.05, 0.1) is 11.8 Å². The van der Waals surface area contributed by atoms with Gasteiger partial charge in [-0.25, -0.2) is 6.07 Å². The third-order valence-electron chi connectivity index (χ3n) is 3.28. The van der Waals surface area contributed by atoms with Gasteiger partial charge < -0.3 is 15.2 Å².